The molecule has 0 saturated carbocycles. The third-order valence-electron chi connectivity index (χ3n) is 3.10. The van der Waals surface area contributed by atoms with Crippen LogP contribution in [0.15, 0.2) is 48.5 Å². The van der Waals surface area contributed by atoms with Crippen molar-refractivity contribution in [2.75, 3.05) is 0 Å². The van der Waals surface area contributed by atoms with Crippen LogP contribution in [0.5, 0.6) is 5.75 Å². The second-order valence-corrected chi connectivity index (χ2v) is 4.94. The van der Waals surface area contributed by atoms with Gasteiger partial charge in [0.1, 0.15) is 5.75 Å². The highest BCUT2D eigenvalue weighted by molar-refractivity contribution is 5.33. The molecular formula is C17H17F3O. The number of rotatable bonds is 5. The van der Waals surface area contributed by atoms with Crippen molar-refractivity contribution in [1.29, 1.82) is 0 Å². The van der Waals surface area contributed by atoms with Gasteiger partial charge >= 0.3 is 6.36 Å². The van der Waals surface area contributed by atoms with Gasteiger partial charge in [-0.15, -0.1) is 13.2 Å². The molecule has 0 aliphatic heterocycles. The lowest BCUT2D eigenvalue weighted by Gasteiger charge is -2.09. The van der Waals surface area contributed by atoms with Crippen LogP contribution in [0.1, 0.15) is 30.0 Å². The summed E-state index contributed by atoms with van der Waals surface area (Å²) in [6.45, 7) is 2.13. The second kappa shape index (κ2) is 6.66. The first-order chi connectivity index (χ1) is 9.96. The Morgan fingerprint density at radius 3 is 2.19 bits per heavy atom. The lowest BCUT2D eigenvalue weighted by atomic mass is 10.0. The smallest absolute Gasteiger partial charge is 0.406 e. The van der Waals surface area contributed by atoms with E-state index >= 15 is 0 Å². The Bertz CT molecular complexity index is 573. The van der Waals surface area contributed by atoms with Crippen molar-refractivity contribution in [3.8, 4) is 5.75 Å². The molecule has 0 fully saturated rings. The molecular weight excluding hydrogens is 277 g/mol. The molecule has 0 aromatic heterocycles. The first-order valence-electron chi connectivity index (χ1n) is 6.89. The van der Waals surface area contributed by atoms with E-state index in [1.807, 2.05) is 12.1 Å². The topological polar surface area (TPSA) is 9.23 Å². The fraction of sp³-hybridized carbons (Fsp3) is 0.294. The van der Waals surface area contributed by atoms with Crippen molar-refractivity contribution < 1.29 is 17.9 Å². The number of halogens is 3. The normalized spacial score (nSPS) is 11.4. The molecule has 0 bridgehead atoms. The summed E-state index contributed by atoms with van der Waals surface area (Å²) in [5.74, 6) is -0.189. The Kier molecular flexibility index (Phi) is 4.89. The minimum Gasteiger partial charge on any atom is -0.406 e. The van der Waals surface area contributed by atoms with E-state index in [9.17, 15) is 13.2 Å². The summed E-state index contributed by atoms with van der Waals surface area (Å²) in [5.41, 5.74) is 3.40. The standard InChI is InChI=1S/C17H17F3O/c1-2-4-13-5-3-6-15(11-13)12-14-7-9-16(10-8-14)21-17(18,19)20/h3,5-11H,2,4,12H2,1H3. The van der Waals surface area contributed by atoms with E-state index in [4.69, 9.17) is 0 Å². The van der Waals surface area contributed by atoms with Gasteiger partial charge < -0.3 is 4.74 Å². The summed E-state index contributed by atoms with van der Waals surface area (Å²) in [5, 5.41) is 0. The van der Waals surface area contributed by atoms with Crippen molar-refractivity contribution >= 4 is 0 Å². The summed E-state index contributed by atoms with van der Waals surface area (Å²) in [4.78, 5) is 0. The fourth-order valence-electron chi connectivity index (χ4n) is 2.23. The van der Waals surface area contributed by atoms with E-state index < -0.39 is 6.36 Å². The van der Waals surface area contributed by atoms with Crippen LogP contribution in [0.4, 0.5) is 13.2 Å². The van der Waals surface area contributed by atoms with Gasteiger partial charge in [0, 0.05) is 0 Å². The van der Waals surface area contributed by atoms with Gasteiger partial charge in [-0.1, -0.05) is 49.7 Å². The minimum absolute atomic E-state index is 0.189. The highest BCUT2D eigenvalue weighted by atomic mass is 19.4. The molecule has 112 valence electrons. The zero-order chi connectivity index (χ0) is 15.3. The average molecular weight is 294 g/mol. The first kappa shape index (κ1) is 15.4. The predicted molar refractivity (Wildman–Crippen MR) is 76.4 cm³/mol. The molecule has 0 aliphatic rings. The molecule has 4 heteroatoms. The largest absolute Gasteiger partial charge is 0.573 e. The van der Waals surface area contributed by atoms with Crippen LogP contribution in [0.25, 0.3) is 0 Å². The molecule has 0 atom stereocenters. The summed E-state index contributed by atoms with van der Waals surface area (Å²) >= 11 is 0. The number of ether oxygens (including phenoxy) is 1. The summed E-state index contributed by atoms with van der Waals surface area (Å²) in [6.07, 6.45) is -1.82. The molecule has 0 unspecified atom stereocenters. The molecule has 21 heavy (non-hydrogen) atoms. The van der Waals surface area contributed by atoms with Crippen molar-refractivity contribution in [1.82, 2.24) is 0 Å². The highest BCUT2D eigenvalue weighted by Gasteiger charge is 2.30. The van der Waals surface area contributed by atoms with Crippen LogP contribution in [0.2, 0.25) is 0 Å². The Morgan fingerprint density at radius 2 is 1.57 bits per heavy atom. The average Bonchev–Trinajstić information content (AvgIpc) is 2.40. The molecule has 0 N–H and O–H groups in total. The fourth-order valence-corrected chi connectivity index (χ4v) is 2.23. The SMILES string of the molecule is CCCc1cccc(Cc2ccc(OC(F)(F)F)cc2)c1. The van der Waals surface area contributed by atoms with Gasteiger partial charge in [-0.2, -0.15) is 0 Å². The number of aryl methyl sites for hydroxylation is 1. The van der Waals surface area contributed by atoms with Crippen LogP contribution in [0, 0.1) is 0 Å². The third-order valence-corrected chi connectivity index (χ3v) is 3.10. The molecule has 2 aromatic rings. The van der Waals surface area contributed by atoms with Crippen LogP contribution < -0.4 is 4.74 Å². The Morgan fingerprint density at radius 1 is 0.905 bits per heavy atom. The first-order valence-corrected chi connectivity index (χ1v) is 6.89. The van der Waals surface area contributed by atoms with E-state index in [-0.39, 0.29) is 5.75 Å². The van der Waals surface area contributed by atoms with Crippen molar-refractivity contribution in [3.05, 3.63) is 65.2 Å². The predicted octanol–water partition coefficient (Wildman–Crippen LogP) is 5.13. The summed E-state index contributed by atoms with van der Waals surface area (Å²) in [6, 6.07) is 14.3. The lowest BCUT2D eigenvalue weighted by molar-refractivity contribution is -0.274. The van der Waals surface area contributed by atoms with Crippen LogP contribution in [0.3, 0.4) is 0 Å². The highest BCUT2D eigenvalue weighted by Crippen LogP contribution is 2.23. The van der Waals surface area contributed by atoms with E-state index in [0.717, 1.165) is 24.0 Å². The maximum atomic E-state index is 12.1. The van der Waals surface area contributed by atoms with Gasteiger partial charge in [0.15, 0.2) is 0 Å². The lowest BCUT2D eigenvalue weighted by Crippen LogP contribution is -2.17. The zero-order valence-electron chi connectivity index (χ0n) is 11.8. The van der Waals surface area contributed by atoms with Gasteiger partial charge in [0.2, 0.25) is 0 Å². The van der Waals surface area contributed by atoms with Gasteiger partial charge in [-0.25, -0.2) is 0 Å². The molecule has 0 aliphatic carbocycles. The maximum absolute atomic E-state index is 12.1. The van der Waals surface area contributed by atoms with E-state index in [0.29, 0.717) is 6.42 Å². The Balaban J connectivity index is 2.04. The molecule has 2 rings (SSSR count). The van der Waals surface area contributed by atoms with Crippen molar-refractivity contribution in [2.45, 2.75) is 32.5 Å². The van der Waals surface area contributed by atoms with E-state index in [1.54, 1.807) is 12.1 Å². The molecule has 2 aromatic carbocycles. The van der Waals surface area contributed by atoms with Gasteiger partial charge in [0.25, 0.3) is 0 Å². The van der Waals surface area contributed by atoms with E-state index in [1.165, 1.54) is 17.7 Å². The summed E-state index contributed by atoms with van der Waals surface area (Å²) < 4.78 is 40.1. The van der Waals surface area contributed by atoms with E-state index in [2.05, 4.69) is 23.8 Å². The van der Waals surface area contributed by atoms with Crippen molar-refractivity contribution in [3.63, 3.8) is 0 Å². The molecule has 0 saturated heterocycles. The van der Waals surface area contributed by atoms with Crippen molar-refractivity contribution in [2.24, 2.45) is 0 Å². The monoisotopic (exact) mass is 294 g/mol. The quantitative estimate of drug-likeness (QED) is 0.743. The van der Waals surface area contributed by atoms with Gasteiger partial charge in [0.05, 0.1) is 0 Å². The minimum atomic E-state index is -4.64. The molecule has 1 nitrogen and oxygen atoms in total. The zero-order valence-corrected chi connectivity index (χ0v) is 11.8. The van der Waals surface area contributed by atoms with Crippen LogP contribution >= 0.6 is 0 Å². The number of hydrogen-bond donors (Lipinski definition) is 0. The molecule has 0 spiro atoms. The third kappa shape index (κ3) is 5.14. The Hall–Kier alpha value is -1.97. The Labute approximate surface area is 122 Å². The van der Waals surface area contributed by atoms with Crippen LogP contribution in [-0.4, -0.2) is 6.36 Å². The molecule has 0 radical (unpaired) electrons. The number of benzene rings is 2. The number of alkyl halides is 3. The number of hydrogen-bond acceptors (Lipinski definition) is 1. The van der Waals surface area contributed by atoms with Gasteiger partial charge in [-0.05, 0) is 41.7 Å². The van der Waals surface area contributed by atoms with Gasteiger partial charge in [-0.3, -0.25) is 0 Å². The molecule has 0 amide bonds. The van der Waals surface area contributed by atoms with Crippen LogP contribution in [-0.2, 0) is 12.8 Å². The summed E-state index contributed by atoms with van der Waals surface area (Å²) in [7, 11) is 0. The maximum Gasteiger partial charge on any atom is 0.573 e. The molecule has 0 heterocycles. The second-order valence-electron chi connectivity index (χ2n) is 4.94.